The molecule has 0 aromatic heterocycles. The molecule has 1 aliphatic rings. The van der Waals surface area contributed by atoms with Gasteiger partial charge in [-0.3, -0.25) is 10.1 Å². The highest BCUT2D eigenvalue weighted by Gasteiger charge is 2.27. The van der Waals surface area contributed by atoms with Crippen molar-refractivity contribution in [3.63, 3.8) is 0 Å². The standard InChI is InChI=1S/C9H14N2O2/c10-6-9(7-11(12)13)8-4-2-1-3-5-8/h8-9H,1-5,7H2/t9-/m0/s1. The molecule has 0 amide bonds. The summed E-state index contributed by atoms with van der Waals surface area (Å²) in [6.07, 6.45) is 5.45. The monoisotopic (exact) mass is 182 g/mol. The van der Waals surface area contributed by atoms with Crippen molar-refractivity contribution in [2.24, 2.45) is 11.8 Å². The van der Waals surface area contributed by atoms with Gasteiger partial charge in [-0.25, -0.2) is 0 Å². The molecule has 1 fully saturated rings. The van der Waals surface area contributed by atoms with Gasteiger partial charge in [0.2, 0.25) is 6.54 Å². The zero-order chi connectivity index (χ0) is 9.68. The van der Waals surface area contributed by atoms with E-state index in [-0.39, 0.29) is 23.3 Å². The molecule has 13 heavy (non-hydrogen) atoms. The number of nitrogens with zero attached hydrogens (tertiary/aromatic N) is 2. The SMILES string of the molecule is N#C[C@@H](C[N+](=O)[O-])C1CCCCC1. The average Bonchev–Trinajstić information content (AvgIpc) is 2.15. The summed E-state index contributed by atoms with van der Waals surface area (Å²) in [4.78, 5) is 9.89. The molecule has 0 spiro atoms. The van der Waals surface area contributed by atoms with Crippen molar-refractivity contribution in [3.8, 4) is 6.07 Å². The molecule has 0 aromatic carbocycles. The Morgan fingerprint density at radius 1 is 1.46 bits per heavy atom. The van der Waals surface area contributed by atoms with Gasteiger partial charge in [0.25, 0.3) is 0 Å². The van der Waals surface area contributed by atoms with Crippen LogP contribution in [-0.4, -0.2) is 11.5 Å². The van der Waals surface area contributed by atoms with E-state index in [1.54, 1.807) is 0 Å². The highest BCUT2D eigenvalue weighted by Crippen LogP contribution is 2.29. The van der Waals surface area contributed by atoms with Crippen LogP contribution in [-0.2, 0) is 0 Å². The van der Waals surface area contributed by atoms with Crippen LogP contribution in [0.1, 0.15) is 32.1 Å². The minimum atomic E-state index is -0.373. The van der Waals surface area contributed by atoms with Crippen molar-refractivity contribution in [2.75, 3.05) is 6.54 Å². The minimum absolute atomic E-state index is 0.179. The molecule has 0 aliphatic heterocycles. The fourth-order valence-corrected chi connectivity index (χ4v) is 1.99. The van der Waals surface area contributed by atoms with Gasteiger partial charge in [-0.2, -0.15) is 5.26 Å². The van der Waals surface area contributed by atoms with Crippen LogP contribution in [0.5, 0.6) is 0 Å². The Morgan fingerprint density at radius 2 is 2.08 bits per heavy atom. The van der Waals surface area contributed by atoms with Crippen LogP contribution in [0.15, 0.2) is 0 Å². The van der Waals surface area contributed by atoms with E-state index in [1.807, 2.05) is 0 Å². The zero-order valence-electron chi connectivity index (χ0n) is 7.61. The second-order valence-corrected chi connectivity index (χ2v) is 3.65. The normalized spacial score (nSPS) is 20.5. The van der Waals surface area contributed by atoms with Crippen LogP contribution >= 0.6 is 0 Å². The molecule has 1 saturated carbocycles. The molecule has 0 bridgehead atoms. The summed E-state index contributed by atoms with van der Waals surface area (Å²) in [5.41, 5.74) is 0. The maximum absolute atomic E-state index is 10.3. The van der Waals surface area contributed by atoms with Gasteiger partial charge in [0.05, 0.1) is 6.07 Å². The third-order valence-corrected chi connectivity index (χ3v) is 2.73. The number of hydrogen-bond donors (Lipinski definition) is 0. The van der Waals surface area contributed by atoms with Gasteiger partial charge in [0.15, 0.2) is 0 Å². The molecule has 1 rings (SSSR count). The quantitative estimate of drug-likeness (QED) is 0.495. The molecule has 1 atom stereocenters. The van der Waals surface area contributed by atoms with Crippen LogP contribution < -0.4 is 0 Å². The summed E-state index contributed by atoms with van der Waals surface area (Å²) in [5.74, 6) is -0.0977. The molecule has 72 valence electrons. The molecular weight excluding hydrogens is 168 g/mol. The maximum Gasteiger partial charge on any atom is 0.219 e. The highest BCUT2D eigenvalue weighted by molar-refractivity contribution is 4.88. The largest absolute Gasteiger partial charge is 0.264 e. The Balaban J connectivity index is 2.45. The fraction of sp³-hybridized carbons (Fsp3) is 0.889. The van der Waals surface area contributed by atoms with Crippen LogP contribution in [0.2, 0.25) is 0 Å². The van der Waals surface area contributed by atoms with E-state index < -0.39 is 0 Å². The van der Waals surface area contributed by atoms with Crippen molar-refractivity contribution in [1.29, 1.82) is 5.26 Å². The zero-order valence-corrected chi connectivity index (χ0v) is 7.61. The lowest BCUT2D eigenvalue weighted by Crippen LogP contribution is -2.23. The molecule has 0 unspecified atom stereocenters. The van der Waals surface area contributed by atoms with Crippen molar-refractivity contribution in [2.45, 2.75) is 32.1 Å². The van der Waals surface area contributed by atoms with Gasteiger partial charge < -0.3 is 0 Å². The predicted octanol–water partition coefficient (Wildman–Crippen LogP) is 1.98. The first-order valence-corrected chi connectivity index (χ1v) is 4.75. The lowest BCUT2D eigenvalue weighted by Gasteiger charge is -2.23. The molecule has 0 heterocycles. The third kappa shape index (κ3) is 3.02. The van der Waals surface area contributed by atoms with E-state index >= 15 is 0 Å². The van der Waals surface area contributed by atoms with Crippen LogP contribution in [0.3, 0.4) is 0 Å². The van der Waals surface area contributed by atoms with Crippen LogP contribution in [0.25, 0.3) is 0 Å². The topological polar surface area (TPSA) is 66.9 Å². The average molecular weight is 182 g/mol. The Bertz CT molecular complexity index is 216. The first-order chi connectivity index (χ1) is 6.24. The first kappa shape index (κ1) is 9.97. The summed E-state index contributed by atoms with van der Waals surface area (Å²) in [7, 11) is 0. The van der Waals surface area contributed by atoms with Gasteiger partial charge in [-0.1, -0.05) is 19.3 Å². The number of hydrogen-bond acceptors (Lipinski definition) is 3. The molecular formula is C9H14N2O2. The maximum atomic E-state index is 10.3. The van der Waals surface area contributed by atoms with Crippen molar-refractivity contribution in [3.05, 3.63) is 10.1 Å². The molecule has 1 aliphatic carbocycles. The van der Waals surface area contributed by atoms with Crippen molar-refractivity contribution < 1.29 is 4.92 Å². The minimum Gasteiger partial charge on any atom is -0.264 e. The van der Waals surface area contributed by atoms with E-state index in [9.17, 15) is 10.1 Å². The second kappa shape index (κ2) is 4.80. The number of nitro groups is 1. The summed E-state index contributed by atoms with van der Waals surface area (Å²) in [5, 5.41) is 19.0. The Kier molecular flexibility index (Phi) is 3.69. The molecule has 0 N–H and O–H groups in total. The Labute approximate surface area is 77.7 Å². The van der Waals surface area contributed by atoms with E-state index in [0.29, 0.717) is 0 Å². The summed E-state index contributed by atoms with van der Waals surface area (Å²) < 4.78 is 0. The summed E-state index contributed by atoms with van der Waals surface area (Å²) >= 11 is 0. The van der Waals surface area contributed by atoms with E-state index in [0.717, 1.165) is 25.7 Å². The van der Waals surface area contributed by atoms with E-state index in [1.165, 1.54) is 6.42 Å². The second-order valence-electron chi connectivity index (χ2n) is 3.65. The van der Waals surface area contributed by atoms with Gasteiger partial charge in [0, 0.05) is 4.92 Å². The van der Waals surface area contributed by atoms with Gasteiger partial charge >= 0.3 is 0 Å². The first-order valence-electron chi connectivity index (χ1n) is 4.75. The predicted molar refractivity (Wildman–Crippen MR) is 47.5 cm³/mol. The summed E-state index contributed by atoms with van der Waals surface area (Å²) in [6, 6.07) is 2.06. The third-order valence-electron chi connectivity index (χ3n) is 2.73. The number of rotatable bonds is 3. The highest BCUT2D eigenvalue weighted by atomic mass is 16.6. The summed E-state index contributed by atoms with van der Waals surface area (Å²) in [6.45, 7) is -0.179. The molecule has 0 aromatic rings. The van der Waals surface area contributed by atoms with Crippen LogP contribution in [0.4, 0.5) is 0 Å². The molecule has 4 nitrogen and oxygen atoms in total. The Morgan fingerprint density at radius 3 is 2.54 bits per heavy atom. The smallest absolute Gasteiger partial charge is 0.219 e. The van der Waals surface area contributed by atoms with E-state index in [2.05, 4.69) is 6.07 Å². The Hall–Kier alpha value is -1.11. The van der Waals surface area contributed by atoms with Gasteiger partial charge in [0.1, 0.15) is 5.92 Å². The molecule has 4 heteroatoms. The lowest BCUT2D eigenvalue weighted by atomic mass is 9.81. The molecule has 0 radical (unpaired) electrons. The molecule has 0 saturated heterocycles. The van der Waals surface area contributed by atoms with Crippen molar-refractivity contribution in [1.82, 2.24) is 0 Å². The van der Waals surface area contributed by atoms with E-state index in [4.69, 9.17) is 5.26 Å². The fourth-order valence-electron chi connectivity index (χ4n) is 1.99. The number of nitriles is 1. The lowest BCUT2D eigenvalue weighted by molar-refractivity contribution is -0.487. The van der Waals surface area contributed by atoms with Crippen LogP contribution in [0, 0.1) is 33.3 Å². The van der Waals surface area contributed by atoms with Gasteiger partial charge in [-0.15, -0.1) is 0 Å². The van der Waals surface area contributed by atoms with Crippen molar-refractivity contribution >= 4 is 0 Å². The van der Waals surface area contributed by atoms with Gasteiger partial charge in [-0.05, 0) is 18.8 Å².